The number of aliphatic hydroxyl groups is 1. The maximum Gasteiger partial charge on any atom is 0.117 e. The van der Waals surface area contributed by atoms with Gasteiger partial charge in [0.25, 0.3) is 0 Å². The summed E-state index contributed by atoms with van der Waals surface area (Å²) in [4.78, 5) is 4.29. The van der Waals surface area contributed by atoms with Crippen LogP contribution in [0.1, 0.15) is 17.8 Å². The quantitative estimate of drug-likeness (QED) is 0.862. The molecule has 3 nitrogen and oxygen atoms in total. The van der Waals surface area contributed by atoms with Gasteiger partial charge in [-0.2, -0.15) is 0 Å². The molecule has 2 N–H and O–H groups in total. The number of nitrogens with one attached hydrogen (secondary N) is 1. The van der Waals surface area contributed by atoms with E-state index in [0.717, 1.165) is 35.5 Å². The maximum atomic E-state index is 9.10. The molecular formula is C9H13BrN2OS. The van der Waals surface area contributed by atoms with Crippen molar-refractivity contribution in [3.8, 4) is 0 Å². The fourth-order valence-electron chi connectivity index (χ4n) is 1.37. The Kier molecular flexibility index (Phi) is 3.21. The van der Waals surface area contributed by atoms with Gasteiger partial charge in [-0.1, -0.05) is 0 Å². The van der Waals surface area contributed by atoms with Crippen LogP contribution in [0, 0.1) is 5.41 Å². The second-order valence-electron chi connectivity index (χ2n) is 3.83. The first-order chi connectivity index (χ1) is 6.74. The van der Waals surface area contributed by atoms with Gasteiger partial charge in [0.2, 0.25) is 0 Å². The van der Waals surface area contributed by atoms with E-state index < -0.39 is 0 Å². The van der Waals surface area contributed by atoms with Crippen molar-refractivity contribution in [1.82, 2.24) is 10.3 Å². The summed E-state index contributed by atoms with van der Waals surface area (Å²) >= 11 is 4.97. The molecule has 0 aliphatic heterocycles. The van der Waals surface area contributed by atoms with Crippen molar-refractivity contribution in [3.63, 3.8) is 0 Å². The summed E-state index contributed by atoms with van der Waals surface area (Å²) in [6, 6.07) is 0. The van der Waals surface area contributed by atoms with Gasteiger partial charge >= 0.3 is 0 Å². The summed E-state index contributed by atoms with van der Waals surface area (Å²) in [6.45, 7) is 2.01. The van der Waals surface area contributed by atoms with Crippen molar-refractivity contribution in [1.29, 1.82) is 0 Å². The molecule has 1 aliphatic carbocycles. The molecular weight excluding hydrogens is 264 g/mol. The molecule has 14 heavy (non-hydrogen) atoms. The monoisotopic (exact) mass is 276 g/mol. The SMILES string of the molecule is OCC1(CNCc2nc(Br)cs2)CC1. The van der Waals surface area contributed by atoms with E-state index in [0.29, 0.717) is 6.61 Å². The summed E-state index contributed by atoms with van der Waals surface area (Å²) in [5.41, 5.74) is 0.189. The Labute approximate surface area is 95.7 Å². The zero-order valence-electron chi connectivity index (χ0n) is 7.79. The molecule has 0 atom stereocenters. The van der Waals surface area contributed by atoms with Gasteiger partial charge in [-0.15, -0.1) is 11.3 Å². The minimum absolute atomic E-state index is 0.189. The van der Waals surface area contributed by atoms with E-state index in [4.69, 9.17) is 5.11 Å². The van der Waals surface area contributed by atoms with Crippen LogP contribution in [0.25, 0.3) is 0 Å². The Balaban J connectivity index is 1.73. The lowest BCUT2D eigenvalue weighted by molar-refractivity contribution is 0.207. The van der Waals surface area contributed by atoms with E-state index in [2.05, 4.69) is 26.2 Å². The lowest BCUT2D eigenvalue weighted by atomic mass is 10.1. The number of halogens is 1. The first-order valence-electron chi connectivity index (χ1n) is 4.66. The molecule has 1 fully saturated rings. The van der Waals surface area contributed by atoms with Crippen LogP contribution in [-0.2, 0) is 6.54 Å². The van der Waals surface area contributed by atoms with Crippen molar-refractivity contribution in [2.75, 3.05) is 13.2 Å². The van der Waals surface area contributed by atoms with E-state index in [1.807, 2.05) is 5.38 Å². The summed E-state index contributed by atoms with van der Waals surface area (Å²) in [5, 5.41) is 15.5. The molecule has 1 aliphatic rings. The highest BCUT2D eigenvalue weighted by Crippen LogP contribution is 2.44. The summed E-state index contributed by atoms with van der Waals surface area (Å²) in [7, 11) is 0. The smallest absolute Gasteiger partial charge is 0.117 e. The Hall–Kier alpha value is 0.0300. The second-order valence-corrected chi connectivity index (χ2v) is 5.58. The third kappa shape index (κ3) is 2.53. The Bertz CT molecular complexity index is 312. The van der Waals surface area contributed by atoms with Gasteiger partial charge in [0.05, 0.1) is 0 Å². The summed E-state index contributed by atoms with van der Waals surface area (Å²) in [6.07, 6.45) is 2.30. The predicted octanol–water partition coefficient (Wildman–Crippen LogP) is 1.77. The number of thiazole rings is 1. The van der Waals surface area contributed by atoms with Gasteiger partial charge in [0, 0.05) is 30.5 Å². The molecule has 0 spiro atoms. The average Bonchev–Trinajstić information content (AvgIpc) is 2.84. The van der Waals surface area contributed by atoms with Gasteiger partial charge in [-0.3, -0.25) is 0 Å². The van der Waals surface area contributed by atoms with Crippen LogP contribution in [0.15, 0.2) is 9.98 Å². The molecule has 1 aromatic rings. The van der Waals surface area contributed by atoms with Crippen molar-refractivity contribution >= 4 is 27.3 Å². The third-order valence-corrected chi connectivity index (χ3v) is 4.15. The Morgan fingerprint density at radius 3 is 2.93 bits per heavy atom. The highest BCUT2D eigenvalue weighted by molar-refractivity contribution is 9.10. The number of aliphatic hydroxyl groups excluding tert-OH is 1. The molecule has 0 unspecified atom stereocenters. The molecule has 5 heteroatoms. The van der Waals surface area contributed by atoms with Gasteiger partial charge in [-0.25, -0.2) is 4.98 Å². The third-order valence-electron chi connectivity index (χ3n) is 2.59. The molecule has 1 saturated carbocycles. The fourth-order valence-corrected chi connectivity index (χ4v) is 2.61. The lowest BCUT2D eigenvalue weighted by Gasteiger charge is -2.11. The zero-order chi connectivity index (χ0) is 10.0. The van der Waals surface area contributed by atoms with E-state index in [9.17, 15) is 0 Å². The van der Waals surface area contributed by atoms with E-state index in [-0.39, 0.29) is 5.41 Å². The molecule has 0 radical (unpaired) electrons. The van der Waals surface area contributed by atoms with Crippen LogP contribution in [0.4, 0.5) is 0 Å². The van der Waals surface area contributed by atoms with Gasteiger partial charge in [0.15, 0.2) is 0 Å². The van der Waals surface area contributed by atoms with Crippen molar-refractivity contribution in [3.05, 3.63) is 15.0 Å². The van der Waals surface area contributed by atoms with Gasteiger partial charge < -0.3 is 10.4 Å². The largest absolute Gasteiger partial charge is 0.396 e. The molecule has 0 bridgehead atoms. The van der Waals surface area contributed by atoms with E-state index in [1.54, 1.807) is 11.3 Å². The van der Waals surface area contributed by atoms with Crippen LogP contribution in [-0.4, -0.2) is 23.2 Å². The molecule has 2 rings (SSSR count). The average molecular weight is 277 g/mol. The molecule has 1 heterocycles. The van der Waals surface area contributed by atoms with Crippen LogP contribution in [0.5, 0.6) is 0 Å². The zero-order valence-corrected chi connectivity index (χ0v) is 10.2. The van der Waals surface area contributed by atoms with Crippen LogP contribution in [0.2, 0.25) is 0 Å². The predicted molar refractivity (Wildman–Crippen MR) is 60.3 cm³/mol. The number of nitrogens with zero attached hydrogens (tertiary/aromatic N) is 1. The van der Waals surface area contributed by atoms with Gasteiger partial charge in [-0.05, 0) is 28.8 Å². The topological polar surface area (TPSA) is 45.1 Å². The van der Waals surface area contributed by atoms with E-state index >= 15 is 0 Å². The van der Waals surface area contributed by atoms with Crippen molar-refractivity contribution in [2.45, 2.75) is 19.4 Å². The van der Waals surface area contributed by atoms with Crippen LogP contribution < -0.4 is 5.32 Å². The molecule has 1 aromatic heterocycles. The normalized spacial score (nSPS) is 18.4. The van der Waals surface area contributed by atoms with Gasteiger partial charge in [0.1, 0.15) is 9.61 Å². The minimum Gasteiger partial charge on any atom is -0.396 e. The molecule has 0 amide bonds. The molecule has 0 saturated heterocycles. The van der Waals surface area contributed by atoms with E-state index in [1.165, 1.54) is 0 Å². The van der Waals surface area contributed by atoms with Crippen LogP contribution in [0.3, 0.4) is 0 Å². The van der Waals surface area contributed by atoms with Crippen LogP contribution >= 0.6 is 27.3 Å². The lowest BCUT2D eigenvalue weighted by Crippen LogP contribution is -2.25. The first-order valence-corrected chi connectivity index (χ1v) is 6.33. The molecule has 0 aromatic carbocycles. The number of rotatable bonds is 5. The maximum absolute atomic E-state index is 9.10. The minimum atomic E-state index is 0.189. The molecule has 78 valence electrons. The number of aromatic nitrogens is 1. The number of hydrogen-bond donors (Lipinski definition) is 2. The summed E-state index contributed by atoms with van der Waals surface area (Å²) in [5.74, 6) is 0. The number of hydrogen-bond acceptors (Lipinski definition) is 4. The Morgan fingerprint density at radius 1 is 1.64 bits per heavy atom. The fraction of sp³-hybridized carbons (Fsp3) is 0.667. The Morgan fingerprint density at radius 2 is 2.43 bits per heavy atom. The highest BCUT2D eigenvalue weighted by Gasteiger charge is 2.41. The standard InChI is InChI=1S/C9H13BrN2OS/c10-7-4-14-8(12-7)3-11-5-9(6-13)1-2-9/h4,11,13H,1-3,5-6H2. The highest BCUT2D eigenvalue weighted by atomic mass is 79.9. The first kappa shape index (κ1) is 10.5. The van der Waals surface area contributed by atoms with Crippen molar-refractivity contribution in [2.24, 2.45) is 5.41 Å². The summed E-state index contributed by atoms with van der Waals surface area (Å²) < 4.78 is 0.905. The second kappa shape index (κ2) is 4.26. The van der Waals surface area contributed by atoms with Crippen molar-refractivity contribution < 1.29 is 5.11 Å².